The van der Waals surface area contributed by atoms with E-state index in [0.29, 0.717) is 0 Å². The van der Waals surface area contributed by atoms with Gasteiger partial charge < -0.3 is 4.57 Å². The van der Waals surface area contributed by atoms with E-state index < -0.39 is 0 Å². The Hall–Kier alpha value is -1.39. The molecule has 2 aromatic heterocycles. The maximum Gasteiger partial charge on any atom is 0.150 e. The number of thiophene rings is 1. The van der Waals surface area contributed by atoms with Gasteiger partial charge in [-0.2, -0.15) is 0 Å². The molecule has 0 amide bonds. The van der Waals surface area contributed by atoms with Crippen molar-refractivity contribution in [2.24, 2.45) is 0 Å². The van der Waals surface area contributed by atoms with Crippen LogP contribution in [0.5, 0.6) is 0 Å². The lowest BCUT2D eigenvalue weighted by atomic mass is 10.1. The predicted octanol–water partition coefficient (Wildman–Crippen LogP) is 4.33. The van der Waals surface area contributed by atoms with E-state index in [0.717, 1.165) is 33.8 Å². The molecule has 0 unspecified atom stereocenters. The highest BCUT2D eigenvalue weighted by molar-refractivity contribution is 9.10. The van der Waals surface area contributed by atoms with Crippen LogP contribution in [-0.4, -0.2) is 10.9 Å². The predicted molar refractivity (Wildman–Crippen MR) is 78.4 cm³/mol. The number of carbonyl (C=O) groups is 1. The van der Waals surface area contributed by atoms with E-state index in [9.17, 15) is 4.79 Å². The zero-order chi connectivity index (χ0) is 12.5. The molecule has 0 spiro atoms. The van der Waals surface area contributed by atoms with Gasteiger partial charge in [0.2, 0.25) is 0 Å². The van der Waals surface area contributed by atoms with Crippen molar-refractivity contribution < 1.29 is 4.79 Å². The van der Waals surface area contributed by atoms with E-state index >= 15 is 0 Å². The van der Waals surface area contributed by atoms with Crippen molar-refractivity contribution in [2.45, 2.75) is 6.54 Å². The van der Waals surface area contributed by atoms with Gasteiger partial charge in [0.25, 0.3) is 0 Å². The molecule has 0 radical (unpaired) electrons. The smallest absolute Gasteiger partial charge is 0.150 e. The molecule has 0 aliphatic carbocycles. The quantitative estimate of drug-likeness (QED) is 0.659. The minimum Gasteiger partial charge on any atom is -0.342 e. The fraction of sp³-hybridized carbons (Fsp3) is 0.0714. The first-order valence-corrected chi connectivity index (χ1v) is 7.21. The number of fused-ring (bicyclic) bond motifs is 1. The third-order valence-electron chi connectivity index (χ3n) is 2.92. The summed E-state index contributed by atoms with van der Waals surface area (Å²) in [5, 5.41) is 3.10. The maximum atomic E-state index is 11.0. The summed E-state index contributed by atoms with van der Waals surface area (Å²) in [5.74, 6) is 0. The summed E-state index contributed by atoms with van der Waals surface area (Å²) < 4.78 is 3.29. The second-order valence-electron chi connectivity index (χ2n) is 4.07. The Balaban J connectivity index is 2.05. The van der Waals surface area contributed by atoms with Crippen LogP contribution >= 0.6 is 27.3 Å². The number of benzene rings is 1. The molecule has 0 saturated heterocycles. The Morgan fingerprint density at radius 1 is 1.33 bits per heavy atom. The average molecular weight is 320 g/mol. The topological polar surface area (TPSA) is 22.0 Å². The van der Waals surface area contributed by atoms with E-state index in [-0.39, 0.29) is 0 Å². The summed E-state index contributed by atoms with van der Waals surface area (Å²) in [6, 6.07) is 9.95. The van der Waals surface area contributed by atoms with Crippen LogP contribution in [0.25, 0.3) is 10.9 Å². The molecule has 0 fully saturated rings. The number of hydrogen-bond donors (Lipinski definition) is 0. The number of rotatable bonds is 3. The van der Waals surface area contributed by atoms with Crippen molar-refractivity contribution in [3.63, 3.8) is 0 Å². The molecule has 3 rings (SSSR count). The van der Waals surface area contributed by atoms with Crippen molar-refractivity contribution in [2.75, 3.05) is 0 Å². The molecular formula is C14H10BrNOS. The minimum atomic E-state index is 0.749. The largest absolute Gasteiger partial charge is 0.342 e. The third kappa shape index (κ3) is 2.02. The molecule has 90 valence electrons. The molecule has 0 saturated carbocycles. The van der Waals surface area contributed by atoms with Crippen LogP contribution in [0.3, 0.4) is 0 Å². The molecule has 0 aliphatic heterocycles. The van der Waals surface area contributed by atoms with Crippen LogP contribution in [0.15, 0.2) is 46.4 Å². The van der Waals surface area contributed by atoms with Crippen LogP contribution < -0.4 is 0 Å². The van der Waals surface area contributed by atoms with Gasteiger partial charge in [0.15, 0.2) is 6.29 Å². The van der Waals surface area contributed by atoms with Gasteiger partial charge in [-0.05, 0) is 34.1 Å². The number of aromatic nitrogens is 1. The highest BCUT2D eigenvalue weighted by atomic mass is 79.9. The SMILES string of the molecule is O=Cc1cccc2c1ccn2Cc1cc(Br)cs1. The molecule has 0 bridgehead atoms. The van der Waals surface area contributed by atoms with E-state index in [1.54, 1.807) is 11.3 Å². The summed E-state index contributed by atoms with van der Waals surface area (Å²) in [7, 11) is 0. The van der Waals surface area contributed by atoms with Crippen LogP contribution in [0.1, 0.15) is 15.2 Å². The second kappa shape index (κ2) is 4.71. The van der Waals surface area contributed by atoms with E-state index in [1.165, 1.54) is 4.88 Å². The molecule has 1 aromatic carbocycles. The lowest BCUT2D eigenvalue weighted by Gasteiger charge is -2.03. The molecular weight excluding hydrogens is 310 g/mol. The minimum absolute atomic E-state index is 0.749. The van der Waals surface area contributed by atoms with Gasteiger partial charge in [-0.15, -0.1) is 11.3 Å². The van der Waals surface area contributed by atoms with Gasteiger partial charge in [0.05, 0.1) is 6.54 Å². The van der Waals surface area contributed by atoms with Crippen LogP contribution in [0.4, 0.5) is 0 Å². The van der Waals surface area contributed by atoms with Gasteiger partial charge in [-0.1, -0.05) is 12.1 Å². The molecule has 0 atom stereocenters. The number of hydrogen-bond acceptors (Lipinski definition) is 2. The van der Waals surface area contributed by atoms with Gasteiger partial charge in [-0.3, -0.25) is 4.79 Å². The molecule has 4 heteroatoms. The maximum absolute atomic E-state index is 11.0. The molecule has 2 nitrogen and oxygen atoms in total. The Kier molecular flexibility index (Phi) is 3.06. The van der Waals surface area contributed by atoms with Crippen LogP contribution in [-0.2, 0) is 6.54 Å². The molecule has 0 aliphatic rings. The normalized spacial score (nSPS) is 10.9. The second-order valence-corrected chi connectivity index (χ2v) is 5.98. The first kappa shape index (κ1) is 11.7. The zero-order valence-electron chi connectivity index (χ0n) is 9.47. The van der Waals surface area contributed by atoms with Crippen LogP contribution in [0, 0.1) is 0 Å². The van der Waals surface area contributed by atoms with Crippen molar-refractivity contribution in [1.82, 2.24) is 4.57 Å². The average Bonchev–Trinajstić information content (AvgIpc) is 2.97. The van der Waals surface area contributed by atoms with Gasteiger partial charge >= 0.3 is 0 Å². The van der Waals surface area contributed by atoms with Crippen molar-refractivity contribution in [3.05, 3.63) is 56.8 Å². The number of aldehydes is 1. The lowest BCUT2D eigenvalue weighted by Crippen LogP contribution is -1.95. The van der Waals surface area contributed by atoms with Crippen LogP contribution in [0.2, 0.25) is 0 Å². The lowest BCUT2D eigenvalue weighted by molar-refractivity contribution is 0.112. The highest BCUT2D eigenvalue weighted by Crippen LogP contribution is 2.24. The van der Waals surface area contributed by atoms with Gasteiger partial charge in [-0.25, -0.2) is 0 Å². The Morgan fingerprint density at radius 2 is 2.22 bits per heavy atom. The Morgan fingerprint density at radius 3 is 2.94 bits per heavy atom. The fourth-order valence-corrected chi connectivity index (χ4v) is 3.54. The van der Waals surface area contributed by atoms with Crippen molar-refractivity contribution in [1.29, 1.82) is 0 Å². The number of carbonyl (C=O) groups excluding carboxylic acids is 1. The van der Waals surface area contributed by atoms with E-state index in [1.807, 2.05) is 30.5 Å². The van der Waals surface area contributed by atoms with E-state index in [2.05, 4.69) is 31.9 Å². The Bertz CT molecular complexity index is 713. The standard InChI is InChI=1S/C14H10BrNOS/c15-11-6-12(18-9-11)7-16-5-4-13-10(8-17)2-1-3-14(13)16/h1-6,8-9H,7H2. The Labute approximate surface area is 117 Å². The monoisotopic (exact) mass is 319 g/mol. The highest BCUT2D eigenvalue weighted by Gasteiger charge is 2.06. The first-order chi connectivity index (χ1) is 8.78. The summed E-state index contributed by atoms with van der Waals surface area (Å²) in [4.78, 5) is 12.3. The number of halogens is 1. The molecule has 2 heterocycles. The summed E-state index contributed by atoms with van der Waals surface area (Å²) in [6.45, 7) is 0.835. The van der Waals surface area contributed by atoms with Gasteiger partial charge in [0, 0.05) is 37.4 Å². The first-order valence-electron chi connectivity index (χ1n) is 5.54. The molecule has 0 N–H and O–H groups in total. The van der Waals surface area contributed by atoms with Crippen molar-refractivity contribution >= 4 is 44.5 Å². The third-order valence-corrected chi connectivity index (χ3v) is 4.60. The van der Waals surface area contributed by atoms with Gasteiger partial charge in [0.1, 0.15) is 0 Å². The number of nitrogens with zero attached hydrogens (tertiary/aromatic N) is 1. The van der Waals surface area contributed by atoms with Crippen molar-refractivity contribution in [3.8, 4) is 0 Å². The molecule has 3 aromatic rings. The summed E-state index contributed by atoms with van der Waals surface area (Å²) in [6.07, 6.45) is 2.94. The van der Waals surface area contributed by atoms with E-state index in [4.69, 9.17) is 0 Å². The fourth-order valence-electron chi connectivity index (χ4n) is 2.09. The molecule has 18 heavy (non-hydrogen) atoms. The summed E-state index contributed by atoms with van der Waals surface area (Å²) >= 11 is 5.19. The summed E-state index contributed by atoms with van der Waals surface area (Å²) in [5.41, 5.74) is 1.85. The zero-order valence-corrected chi connectivity index (χ0v) is 11.9.